The van der Waals surface area contributed by atoms with E-state index in [1.54, 1.807) is 0 Å². The van der Waals surface area contributed by atoms with E-state index in [-0.39, 0.29) is 0 Å². The Morgan fingerprint density at radius 1 is 1.18 bits per heavy atom. The number of benzene rings is 1. The molecular weight excluding hydrogens is 210 g/mol. The van der Waals surface area contributed by atoms with Crippen molar-refractivity contribution in [1.29, 1.82) is 0 Å². The minimum Gasteiger partial charge on any atom is -0.379 e. The molecule has 1 aromatic carbocycles. The molecule has 0 saturated carbocycles. The van der Waals surface area contributed by atoms with Gasteiger partial charge in [-0.25, -0.2) is 0 Å². The van der Waals surface area contributed by atoms with E-state index < -0.39 is 0 Å². The number of rotatable bonds is 7. The predicted molar refractivity (Wildman–Crippen MR) is 73.4 cm³/mol. The van der Waals surface area contributed by atoms with Gasteiger partial charge in [0.1, 0.15) is 0 Å². The Balaban J connectivity index is 2.38. The van der Waals surface area contributed by atoms with Crippen LogP contribution in [0.4, 0.5) is 0 Å². The molecule has 0 aliphatic carbocycles. The lowest BCUT2D eigenvalue weighted by atomic mass is 10.0. The first-order valence-corrected chi connectivity index (χ1v) is 6.46. The Hall–Kier alpha value is -0.860. The third-order valence-corrected chi connectivity index (χ3v) is 2.93. The second kappa shape index (κ2) is 7.46. The number of aryl methyl sites for hydroxylation is 1. The first-order valence-electron chi connectivity index (χ1n) is 6.46. The van der Waals surface area contributed by atoms with Crippen molar-refractivity contribution in [3.8, 4) is 0 Å². The van der Waals surface area contributed by atoms with Gasteiger partial charge in [-0.2, -0.15) is 0 Å². The summed E-state index contributed by atoms with van der Waals surface area (Å²) in [6, 6.07) is 9.27. The van der Waals surface area contributed by atoms with Crippen molar-refractivity contribution < 1.29 is 4.74 Å². The molecule has 0 amide bonds. The number of likely N-dealkylation sites (N-methyl/N-ethyl adjacent to an activating group) is 1. The van der Waals surface area contributed by atoms with Gasteiger partial charge in [-0.05, 0) is 46.2 Å². The third kappa shape index (κ3) is 5.85. The number of hydrogen-bond donors (Lipinski definition) is 1. The standard InChI is InChI=1S/C15H25NO/c1-12(2)17-10-9-15(16-4)11-14-7-5-13(3)6-8-14/h5-8,12,15-16H,9-11H2,1-4H3. The Kier molecular flexibility index (Phi) is 6.23. The molecule has 0 aromatic heterocycles. The van der Waals surface area contributed by atoms with E-state index in [1.165, 1.54) is 11.1 Å². The van der Waals surface area contributed by atoms with Crippen LogP contribution in [0.1, 0.15) is 31.4 Å². The van der Waals surface area contributed by atoms with E-state index in [4.69, 9.17) is 4.74 Å². The van der Waals surface area contributed by atoms with Crippen LogP contribution in [0.5, 0.6) is 0 Å². The zero-order valence-corrected chi connectivity index (χ0v) is 11.5. The molecule has 2 nitrogen and oxygen atoms in total. The molecule has 17 heavy (non-hydrogen) atoms. The summed E-state index contributed by atoms with van der Waals surface area (Å²) in [4.78, 5) is 0. The molecule has 96 valence electrons. The van der Waals surface area contributed by atoms with Crippen molar-refractivity contribution >= 4 is 0 Å². The van der Waals surface area contributed by atoms with Gasteiger partial charge in [-0.15, -0.1) is 0 Å². The van der Waals surface area contributed by atoms with Crippen LogP contribution in [0, 0.1) is 6.92 Å². The molecule has 0 bridgehead atoms. The molecule has 0 saturated heterocycles. The predicted octanol–water partition coefficient (Wildman–Crippen LogP) is 2.94. The largest absolute Gasteiger partial charge is 0.379 e. The van der Waals surface area contributed by atoms with E-state index in [2.05, 4.69) is 50.4 Å². The first-order chi connectivity index (χ1) is 8.11. The molecule has 1 N–H and O–H groups in total. The van der Waals surface area contributed by atoms with Crippen LogP contribution < -0.4 is 5.32 Å². The smallest absolute Gasteiger partial charge is 0.0518 e. The summed E-state index contributed by atoms with van der Waals surface area (Å²) in [5.74, 6) is 0. The zero-order valence-electron chi connectivity index (χ0n) is 11.5. The maximum atomic E-state index is 5.59. The summed E-state index contributed by atoms with van der Waals surface area (Å²) in [7, 11) is 2.02. The number of nitrogens with one attached hydrogen (secondary N) is 1. The van der Waals surface area contributed by atoms with Crippen molar-refractivity contribution in [3.63, 3.8) is 0 Å². The van der Waals surface area contributed by atoms with Gasteiger partial charge >= 0.3 is 0 Å². The fraction of sp³-hybridized carbons (Fsp3) is 0.600. The molecule has 0 radical (unpaired) electrons. The van der Waals surface area contributed by atoms with Crippen LogP contribution in [0.15, 0.2) is 24.3 Å². The molecule has 1 rings (SSSR count). The molecule has 0 fully saturated rings. The summed E-state index contributed by atoms with van der Waals surface area (Å²) < 4.78 is 5.59. The monoisotopic (exact) mass is 235 g/mol. The van der Waals surface area contributed by atoms with Crippen molar-refractivity contribution in [2.24, 2.45) is 0 Å². The van der Waals surface area contributed by atoms with Crippen molar-refractivity contribution in [3.05, 3.63) is 35.4 Å². The number of ether oxygens (including phenoxy) is 1. The SMILES string of the molecule is CNC(CCOC(C)C)Cc1ccc(C)cc1. The van der Waals surface area contributed by atoms with E-state index in [0.29, 0.717) is 12.1 Å². The average Bonchev–Trinajstić information content (AvgIpc) is 2.30. The van der Waals surface area contributed by atoms with Gasteiger partial charge in [0, 0.05) is 12.6 Å². The Morgan fingerprint density at radius 3 is 2.35 bits per heavy atom. The van der Waals surface area contributed by atoms with E-state index in [9.17, 15) is 0 Å². The topological polar surface area (TPSA) is 21.3 Å². The average molecular weight is 235 g/mol. The van der Waals surface area contributed by atoms with Crippen LogP contribution in [0.2, 0.25) is 0 Å². The second-order valence-electron chi connectivity index (χ2n) is 4.88. The fourth-order valence-corrected chi connectivity index (χ4v) is 1.80. The van der Waals surface area contributed by atoms with Gasteiger partial charge in [0.15, 0.2) is 0 Å². The molecule has 0 spiro atoms. The van der Waals surface area contributed by atoms with E-state index in [0.717, 1.165) is 19.4 Å². The lowest BCUT2D eigenvalue weighted by molar-refractivity contribution is 0.0720. The van der Waals surface area contributed by atoms with Crippen LogP contribution in [0.3, 0.4) is 0 Å². The van der Waals surface area contributed by atoms with Crippen LogP contribution >= 0.6 is 0 Å². The fourth-order valence-electron chi connectivity index (χ4n) is 1.80. The second-order valence-corrected chi connectivity index (χ2v) is 4.88. The lowest BCUT2D eigenvalue weighted by Crippen LogP contribution is -2.29. The molecule has 1 atom stereocenters. The van der Waals surface area contributed by atoms with Gasteiger partial charge in [0.05, 0.1) is 6.10 Å². The van der Waals surface area contributed by atoms with Crippen molar-refractivity contribution in [2.75, 3.05) is 13.7 Å². The summed E-state index contributed by atoms with van der Waals surface area (Å²) in [6.45, 7) is 7.10. The van der Waals surface area contributed by atoms with Gasteiger partial charge in [-0.1, -0.05) is 29.8 Å². The molecule has 1 aromatic rings. The maximum Gasteiger partial charge on any atom is 0.0518 e. The van der Waals surface area contributed by atoms with Gasteiger partial charge < -0.3 is 10.1 Å². The lowest BCUT2D eigenvalue weighted by Gasteiger charge is -2.17. The summed E-state index contributed by atoms with van der Waals surface area (Å²) >= 11 is 0. The van der Waals surface area contributed by atoms with Crippen LogP contribution in [0.25, 0.3) is 0 Å². The summed E-state index contributed by atoms with van der Waals surface area (Å²) in [6.07, 6.45) is 2.45. The minimum absolute atomic E-state index is 0.326. The van der Waals surface area contributed by atoms with Crippen LogP contribution in [-0.2, 0) is 11.2 Å². The highest BCUT2D eigenvalue weighted by Gasteiger charge is 2.07. The van der Waals surface area contributed by atoms with Crippen molar-refractivity contribution in [1.82, 2.24) is 5.32 Å². The van der Waals surface area contributed by atoms with E-state index in [1.807, 2.05) is 7.05 Å². The highest BCUT2D eigenvalue weighted by atomic mass is 16.5. The molecule has 2 heteroatoms. The first kappa shape index (κ1) is 14.2. The summed E-state index contributed by atoms with van der Waals surface area (Å²) in [5, 5.41) is 3.36. The Bertz CT molecular complexity index is 305. The third-order valence-electron chi connectivity index (χ3n) is 2.93. The van der Waals surface area contributed by atoms with Gasteiger partial charge in [-0.3, -0.25) is 0 Å². The molecule has 0 heterocycles. The number of hydrogen-bond acceptors (Lipinski definition) is 2. The summed E-state index contributed by atoms with van der Waals surface area (Å²) in [5.41, 5.74) is 2.71. The van der Waals surface area contributed by atoms with Gasteiger partial charge in [0.2, 0.25) is 0 Å². The van der Waals surface area contributed by atoms with Crippen molar-refractivity contribution in [2.45, 2.75) is 45.8 Å². The van der Waals surface area contributed by atoms with Gasteiger partial charge in [0.25, 0.3) is 0 Å². The zero-order chi connectivity index (χ0) is 12.7. The quantitative estimate of drug-likeness (QED) is 0.784. The van der Waals surface area contributed by atoms with Crippen LogP contribution in [-0.4, -0.2) is 25.8 Å². The highest BCUT2D eigenvalue weighted by Crippen LogP contribution is 2.08. The minimum atomic E-state index is 0.326. The normalized spacial score (nSPS) is 13.0. The Morgan fingerprint density at radius 2 is 1.82 bits per heavy atom. The molecule has 0 aliphatic rings. The highest BCUT2D eigenvalue weighted by molar-refractivity contribution is 5.22. The maximum absolute atomic E-state index is 5.59. The Labute approximate surface area is 105 Å². The molecule has 0 aliphatic heterocycles. The van der Waals surface area contributed by atoms with E-state index >= 15 is 0 Å². The molecular formula is C15H25NO. The molecule has 1 unspecified atom stereocenters.